The van der Waals surface area contributed by atoms with Crippen LogP contribution >= 0.6 is 0 Å². The normalized spacial score (nSPS) is 17.7. The minimum Gasteiger partial charge on any atom is -0.380 e. The topological polar surface area (TPSA) is 73.3 Å². The zero-order valence-corrected chi connectivity index (χ0v) is 8.35. The first-order valence-electron chi connectivity index (χ1n) is 4.95. The highest BCUT2D eigenvalue weighted by Crippen LogP contribution is 1.91. The molecule has 0 aromatic rings. The minimum absolute atomic E-state index is 0.429. The lowest BCUT2D eigenvalue weighted by Crippen LogP contribution is -2.44. The average Bonchev–Trinajstić information content (AvgIpc) is 2.25. The van der Waals surface area contributed by atoms with Crippen LogP contribution in [0.25, 0.3) is 10.4 Å². The van der Waals surface area contributed by atoms with E-state index in [1.54, 1.807) is 0 Å². The van der Waals surface area contributed by atoms with Gasteiger partial charge in [-0.05, 0) is 5.53 Å². The molecule has 1 N–H and O–H groups in total. The van der Waals surface area contributed by atoms with Crippen LogP contribution in [0.1, 0.15) is 0 Å². The molecule has 0 unspecified atom stereocenters. The highest BCUT2D eigenvalue weighted by Gasteiger charge is 2.07. The fraction of sp³-hybridized carbons (Fsp3) is 1.00. The molecule has 6 heteroatoms. The van der Waals surface area contributed by atoms with E-state index < -0.39 is 0 Å². The highest BCUT2D eigenvalue weighted by atomic mass is 16.5. The Labute approximate surface area is 83.8 Å². The van der Waals surface area contributed by atoms with Gasteiger partial charge in [-0.2, -0.15) is 0 Å². The zero-order chi connectivity index (χ0) is 10.1. The van der Waals surface area contributed by atoms with E-state index in [1.165, 1.54) is 0 Å². The van der Waals surface area contributed by atoms with E-state index in [1.807, 2.05) is 0 Å². The summed E-state index contributed by atoms with van der Waals surface area (Å²) in [6.45, 7) is 6.98. The van der Waals surface area contributed by atoms with Crippen LogP contribution in [-0.4, -0.2) is 57.4 Å². The number of azide groups is 1. The Morgan fingerprint density at radius 1 is 1.36 bits per heavy atom. The highest BCUT2D eigenvalue weighted by molar-refractivity contribution is 4.66. The Morgan fingerprint density at radius 2 is 2.14 bits per heavy atom. The molecule has 1 fully saturated rings. The number of hydrogen-bond acceptors (Lipinski definition) is 4. The second kappa shape index (κ2) is 7.58. The molecular weight excluding hydrogens is 182 g/mol. The molecule has 0 radical (unpaired) electrons. The Bertz CT molecular complexity index is 186. The number of nitrogens with zero attached hydrogens (tertiary/aromatic N) is 4. The van der Waals surface area contributed by atoms with Gasteiger partial charge < -0.3 is 10.1 Å². The summed E-state index contributed by atoms with van der Waals surface area (Å²) in [6.07, 6.45) is 0. The summed E-state index contributed by atoms with van der Waals surface area (Å²) in [4.78, 5) is 5.01. The number of ether oxygens (including phenoxy) is 1. The fourth-order valence-corrected chi connectivity index (χ4v) is 1.38. The Kier molecular flexibility index (Phi) is 6.10. The van der Waals surface area contributed by atoms with Crippen LogP contribution in [0.3, 0.4) is 0 Å². The molecule has 0 aromatic heterocycles. The summed E-state index contributed by atoms with van der Waals surface area (Å²) in [7, 11) is 0. The van der Waals surface area contributed by atoms with Gasteiger partial charge >= 0.3 is 0 Å². The van der Waals surface area contributed by atoms with Crippen molar-refractivity contribution >= 4 is 0 Å². The van der Waals surface area contributed by atoms with Gasteiger partial charge in [0, 0.05) is 44.2 Å². The third-order valence-corrected chi connectivity index (χ3v) is 2.16. The van der Waals surface area contributed by atoms with Gasteiger partial charge in [0.05, 0.1) is 13.2 Å². The Morgan fingerprint density at radius 3 is 2.86 bits per heavy atom. The van der Waals surface area contributed by atoms with Crippen molar-refractivity contribution in [3.8, 4) is 0 Å². The zero-order valence-electron chi connectivity index (χ0n) is 8.35. The molecule has 1 heterocycles. The van der Waals surface area contributed by atoms with Crippen molar-refractivity contribution in [2.75, 3.05) is 52.5 Å². The Hall–Kier alpha value is -0.810. The smallest absolute Gasteiger partial charge is 0.0593 e. The summed E-state index contributed by atoms with van der Waals surface area (Å²) in [5, 5.41) is 6.68. The minimum atomic E-state index is 0.429. The summed E-state index contributed by atoms with van der Waals surface area (Å²) >= 11 is 0. The van der Waals surface area contributed by atoms with E-state index in [9.17, 15) is 0 Å². The van der Waals surface area contributed by atoms with Crippen molar-refractivity contribution in [1.82, 2.24) is 10.2 Å². The monoisotopic (exact) mass is 199 g/mol. The van der Waals surface area contributed by atoms with Crippen LogP contribution in [0.15, 0.2) is 5.11 Å². The maximum absolute atomic E-state index is 8.01. The predicted octanol–water partition coefficient (Wildman–Crippen LogP) is 0.218. The lowest BCUT2D eigenvalue weighted by atomic mass is 10.4. The van der Waals surface area contributed by atoms with Crippen molar-refractivity contribution in [2.24, 2.45) is 5.11 Å². The molecule has 6 nitrogen and oxygen atoms in total. The molecule has 0 bridgehead atoms. The lowest BCUT2D eigenvalue weighted by Gasteiger charge is -2.26. The summed E-state index contributed by atoms with van der Waals surface area (Å²) in [5.41, 5.74) is 8.01. The largest absolute Gasteiger partial charge is 0.380 e. The Balaban J connectivity index is 1.89. The van der Waals surface area contributed by atoms with Gasteiger partial charge in [-0.1, -0.05) is 5.11 Å². The fourth-order valence-electron chi connectivity index (χ4n) is 1.38. The van der Waals surface area contributed by atoms with Crippen LogP contribution in [0, 0.1) is 0 Å². The van der Waals surface area contributed by atoms with Crippen LogP contribution in [0.5, 0.6) is 0 Å². The van der Waals surface area contributed by atoms with E-state index in [0.717, 1.165) is 39.3 Å². The number of piperazine rings is 1. The van der Waals surface area contributed by atoms with Crippen LogP contribution in [0.4, 0.5) is 0 Å². The number of hydrogen-bond donors (Lipinski definition) is 1. The average molecular weight is 199 g/mol. The maximum atomic E-state index is 8.01. The molecular formula is C8H17N5O. The van der Waals surface area contributed by atoms with E-state index in [2.05, 4.69) is 20.2 Å². The predicted molar refractivity (Wildman–Crippen MR) is 54.1 cm³/mol. The quantitative estimate of drug-likeness (QED) is 0.288. The molecule has 0 aromatic carbocycles. The van der Waals surface area contributed by atoms with Gasteiger partial charge in [0.1, 0.15) is 0 Å². The van der Waals surface area contributed by atoms with Crippen LogP contribution in [0.2, 0.25) is 0 Å². The number of nitrogens with one attached hydrogen (secondary N) is 1. The molecule has 0 amide bonds. The van der Waals surface area contributed by atoms with Crippen molar-refractivity contribution in [1.29, 1.82) is 0 Å². The first kappa shape index (κ1) is 11.3. The molecule has 1 aliphatic rings. The molecule has 1 saturated heterocycles. The van der Waals surface area contributed by atoms with Gasteiger partial charge in [-0.25, -0.2) is 0 Å². The molecule has 1 rings (SSSR count). The van der Waals surface area contributed by atoms with Gasteiger partial charge in [-0.15, -0.1) is 0 Å². The van der Waals surface area contributed by atoms with Gasteiger partial charge in [-0.3, -0.25) is 4.90 Å². The van der Waals surface area contributed by atoms with E-state index in [4.69, 9.17) is 10.3 Å². The van der Waals surface area contributed by atoms with Crippen molar-refractivity contribution in [3.05, 3.63) is 10.4 Å². The van der Waals surface area contributed by atoms with Crippen molar-refractivity contribution < 1.29 is 4.74 Å². The van der Waals surface area contributed by atoms with E-state index in [-0.39, 0.29) is 0 Å². The molecule has 1 aliphatic heterocycles. The maximum Gasteiger partial charge on any atom is 0.0593 e. The molecule has 14 heavy (non-hydrogen) atoms. The van der Waals surface area contributed by atoms with Gasteiger partial charge in [0.25, 0.3) is 0 Å². The molecule has 0 aliphatic carbocycles. The van der Waals surface area contributed by atoms with Crippen LogP contribution in [-0.2, 0) is 4.74 Å². The first-order chi connectivity index (χ1) is 6.93. The second-order valence-electron chi connectivity index (χ2n) is 3.16. The molecule has 0 atom stereocenters. The molecule has 80 valence electrons. The summed E-state index contributed by atoms with van der Waals surface area (Å²) in [6, 6.07) is 0. The summed E-state index contributed by atoms with van der Waals surface area (Å²) in [5.74, 6) is 0. The van der Waals surface area contributed by atoms with E-state index >= 15 is 0 Å². The second-order valence-corrected chi connectivity index (χ2v) is 3.16. The van der Waals surface area contributed by atoms with Crippen molar-refractivity contribution in [2.45, 2.75) is 0 Å². The third kappa shape index (κ3) is 5.04. The van der Waals surface area contributed by atoms with Gasteiger partial charge in [0.2, 0.25) is 0 Å². The van der Waals surface area contributed by atoms with Gasteiger partial charge in [0.15, 0.2) is 0 Å². The SMILES string of the molecule is [N-]=[N+]=NCCOCCN1CCNCC1. The van der Waals surface area contributed by atoms with Crippen LogP contribution < -0.4 is 5.32 Å². The standard InChI is InChI=1S/C8H17N5O/c9-12-11-3-7-14-8-6-13-4-1-10-2-5-13/h10H,1-8H2. The summed E-state index contributed by atoms with van der Waals surface area (Å²) < 4.78 is 5.31. The number of rotatable bonds is 6. The lowest BCUT2D eigenvalue weighted by molar-refractivity contribution is 0.104. The van der Waals surface area contributed by atoms with Crippen molar-refractivity contribution in [3.63, 3.8) is 0 Å². The molecule has 0 spiro atoms. The first-order valence-corrected chi connectivity index (χ1v) is 4.95. The van der Waals surface area contributed by atoms with E-state index in [0.29, 0.717) is 13.2 Å². The third-order valence-electron chi connectivity index (χ3n) is 2.16. The molecule has 0 saturated carbocycles.